The highest BCUT2D eigenvalue weighted by molar-refractivity contribution is 6.03. The monoisotopic (exact) mass is 260 g/mol. The van der Waals surface area contributed by atoms with Crippen LogP contribution in [0, 0.1) is 0 Å². The Morgan fingerprint density at radius 1 is 1.32 bits per heavy atom. The number of rotatable bonds is 6. The first-order valence-electron chi connectivity index (χ1n) is 7.03. The second-order valence-electron chi connectivity index (χ2n) is 5.14. The quantitative estimate of drug-likeness (QED) is 0.766. The third-order valence-corrected chi connectivity index (χ3v) is 3.18. The molecule has 0 aliphatic carbocycles. The largest absolute Gasteiger partial charge is 0.384 e. The lowest BCUT2D eigenvalue weighted by Crippen LogP contribution is -2.30. The molecule has 1 aliphatic heterocycles. The zero-order valence-electron chi connectivity index (χ0n) is 11.9. The summed E-state index contributed by atoms with van der Waals surface area (Å²) in [6.07, 6.45) is 2.27. The molecule has 2 N–H and O–H groups in total. The van der Waals surface area contributed by atoms with Gasteiger partial charge < -0.3 is 15.5 Å². The third-order valence-electron chi connectivity index (χ3n) is 3.18. The zero-order chi connectivity index (χ0) is 13.5. The highest BCUT2D eigenvalue weighted by atomic mass is 15.1. The van der Waals surface area contributed by atoms with E-state index in [1.54, 1.807) is 0 Å². The van der Waals surface area contributed by atoms with E-state index in [1.807, 2.05) is 0 Å². The summed E-state index contributed by atoms with van der Waals surface area (Å²) in [5.74, 6) is 1.03. The van der Waals surface area contributed by atoms with Gasteiger partial charge in [0.2, 0.25) is 0 Å². The number of nitrogens with one attached hydrogen (secondary N) is 2. The standard InChI is InChI=1S/C15H24N4/c1-19(2)12-6-11-16-14-8-4-3-7-13(14)15-17-9-5-10-18-15/h3-4,7-8,16H,5-6,9-12H2,1-2H3,(H,17,18). The molecule has 0 fully saturated rings. The van der Waals surface area contributed by atoms with E-state index in [0.717, 1.165) is 44.9 Å². The van der Waals surface area contributed by atoms with Crippen LogP contribution in [0.1, 0.15) is 18.4 Å². The molecule has 1 aromatic rings. The van der Waals surface area contributed by atoms with Gasteiger partial charge in [-0.15, -0.1) is 0 Å². The van der Waals surface area contributed by atoms with Crippen molar-refractivity contribution in [1.29, 1.82) is 0 Å². The van der Waals surface area contributed by atoms with Gasteiger partial charge in [0.15, 0.2) is 0 Å². The van der Waals surface area contributed by atoms with Gasteiger partial charge in [-0.1, -0.05) is 12.1 Å². The van der Waals surface area contributed by atoms with Crippen LogP contribution in [0.2, 0.25) is 0 Å². The van der Waals surface area contributed by atoms with Crippen molar-refractivity contribution in [2.45, 2.75) is 12.8 Å². The minimum atomic E-state index is 0.928. The molecule has 0 saturated heterocycles. The Morgan fingerprint density at radius 3 is 2.89 bits per heavy atom. The average Bonchev–Trinajstić information content (AvgIpc) is 2.45. The fourth-order valence-corrected chi connectivity index (χ4v) is 2.18. The van der Waals surface area contributed by atoms with Crippen molar-refractivity contribution in [3.05, 3.63) is 29.8 Å². The summed E-state index contributed by atoms with van der Waals surface area (Å²) in [5.41, 5.74) is 2.36. The Balaban J connectivity index is 1.98. The van der Waals surface area contributed by atoms with E-state index < -0.39 is 0 Å². The average molecular weight is 260 g/mol. The van der Waals surface area contributed by atoms with E-state index in [-0.39, 0.29) is 0 Å². The molecular weight excluding hydrogens is 236 g/mol. The molecule has 1 aromatic carbocycles. The number of nitrogens with zero attached hydrogens (tertiary/aromatic N) is 2. The van der Waals surface area contributed by atoms with Crippen LogP contribution in [0.15, 0.2) is 29.3 Å². The Kier molecular flexibility index (Phi) is 5.21. The molecule has 0 radical (unpaired) electrons. The summed E-state index contributed by atoms with van der Waals surface area (Å²) in [5, 5.41) is 6.90. The zero-order valence-corrected chi connectivity index (χ0v) is 11.9. The maximum atomic E-state index is 4.57. The molecule has 1 heterocycles. The van der Waals surface area contributed by atoms with Gasteiger partial charge in [-0.05, 0) is 45.6 Å². The number of hydrogen-bond acceptors (Lipinski definition) is 4. The second-order valence-corrected chi connectivity index (χ2v) is 5.14. The summed E-state index contributed by atoms with van der Waals surface area (Å²) in [4.78, 5) is 6.78. The maximum absolute atomic E-state index is 4.57. The molecule has 0 saturated carbocycles. The number of para-hydroxylation sites is 1. The highest BCUT2D eigenvalue weighted by Gasteiger charge is 2.10. The molecule has 4 heteroatoms. The van der Waals surface area contributed by atoms with Gasteiger partial charge in [0.25, 0.3) is 0 Å². The Hall–Kier alpha value is -1.55. The molecule has 0 amide bonds. The van der Waals surface area contributed by atoms with E-state index >= 15 is 0 Å². The first kappa shape index (κ1) is 13.9. The summed E-state index contributed by atoms with van der Waals surface area (Å²) >= 11 is 0. The molecule has 104 valence electrons. The lowest BCUT2D eigenvalue weighted by atomic mass is 10.1. The predicted octanol–water partition coefficient (Wildman–Crippen LogP) is 1.79. The van der Waals surface area contributed by atoms with Crippen LogP contribution in [0.3, 0.4) is 0 Å². The summed E-state index contributed by atoms with van der Waals surface area (Å²) < 4.78 is 0. The molecule has 2 rings (SSSR count). The van der Waals surface area contributed by atoms with Crippen molar-refractivity contribution < 1.29 is 0 Å². The Bertz CT molecular complexity index is 426. The first-order valence-corrected chi connectivity index (χ1v) is 7.03. The van der Waals surface area contributed by atoms with Crippen LogP contribution in [-0.4, -0.2) is 51.0 Å². The molecule has 0 bridgehead atoms. The minimum Gasteiger partial charge on any atom is -0.384 e. The topological polar surface area (TPSA) is 39.7 Å². The molecule has 0 spiro atoms. The smallest absolute Gasteiger partial charge is 0.130 e. The fraction of sp³-hybridized carbons (Fsp3) is 0.533. The highest BCUT2D eigenvalue weighted by Crippen LogP contribution is 2.16. The number of aliphatic imine (C=N–C) groups is 1. The third kappa shape index (κ3) is 4.24. The van der Waals surface area contributed by atoms with Crippen LogP contribution < -0.4 is 10.6 Å². The van der Waals surface area contributed by atoms with Crippen molar-refractivity contribution in [1.82, 2.24) is 10.2 Å². The number of anilines is 1. The molecule has 0 unspecified atom stereocenters. The SMILES string of the molecule is CN(C)CCCNc1ccccc1C1=NCCCN1. The van der Waals surface area contributed by atoms with Crippen molar-refractivity contribution in [2.24, 2.45) is 4.99 Å². The number of amidine groups is 1. The van der Waals surface area contributed by atoms with Gasteiger partial charge in [-0.25, -0.2) is 0 Å². The Morgan fingerprint density at radius 2 is 2.16 bits per heavy atom. The van der Waals surface area contributed by atoms with Crippen molar-refractivity contribution >= 4 is 11.5 Å². The lowest BCUT2D eigenvalue weighted by Gasteiger charge is -2.18. The predicted molar refractivity (Wildman–Crippen MR) is 82.1 cm³/mol. The summed E-state index contributed by atoms with van der Waals surface area (Å²) in [6, 6.07) is 8.40. The molecule has 19 heavy (non-hydrogen) atoms. The van der Waals surface area contributed by atoms with Gasteiger partial charge >= 0.3 is 0 Å². The fourth-order valence-electron chi connectivity index (χ4n) is 2.18. The minimum absolute atomic E-state index is 0.928. The van der Waals surface area contributed by atoms with Crippen LogP contribution in [-0.2, 0) is 0 Å². The van der Waals surface area contributed by atoms with E-state index in [2.05, 4.69) is 58.9 Å². The second kappa shape index (κ2) is 7.14. The van der Waals surface area contributed by atoms with Gasteiger partial charge in [-0.2, -0.15) is 0 Å². The van der Waals surface area contributed by atoms with Gasteiger partial charge in [-0.3, -0.25) is 4.99 Å². The summed E-state index contributed by atoms with van der Waals surface area (Å²) in [7, 11) is 4.21. The van der Waals surface area contributed by atoms with Crippen molar-refractivity contribution in [3.63, 3.8) is 0 Å². The molecule has 4 nitrogen and oxygen atoms in total. The van der Waals surface area contributed by atoms with Crippen molar-refractivity contribution in [3.8, 4) is 0 Å². The van der Waals surface area contributed by atoms with Crippen LogP contribution in [0.5, 0.6) is 0 Å². The molecular formula is C15H24N4. The summed E-state index contributed by atoms with van der Waals surface area (Å²) in [6.45, 7) is 4.04. The van der Waals surface area contributed by atoms with E-state index in [9.17, 15) is 0 Å². The van der Waals surface area contributed by atoms with Crippen LogP contribution in [0.25, 0.3) is 0 Å². The van der Waals surface area contributed by atoms with E-state index in [0.29, 0.717) is 0 Å². The normalized spacial score (nSPS) is 15.0. The van der Waals surface area contributed by atoms with Crippen LogP contribution in [0.4, 0.5) is 5.69 Å². The van der Waals surface area contributed by atoms with E-state index in [4.69, 9.17) is 0 Å². The number of benzene rings is 1. The van der Waals surface area contributed by atoms with E-state index in [1.165, 1.54) is 11.3 Å². The van der Waals surface area contributed by atoms with Crippen LogP contribution >= 0.6 is 0 Å². The Labute approximate surface area is 115 Å². The number of hydrogen-bond donors (Lipinski definition) is 2. The van der Waals surface area contributed by atoms with Gasteiger partial charge in [0.05, 0.1) is 0 Å². The first-order chi connectivity index (χ1) is 9.27. The van der Waals surface area contributed by atoms with Gasteiger partial charge in [0, 0.05) is 30.9 Å². The lowest BCUT2D eigenvalue weighted by molar-refractivity contribution is 0.405. The molecule has 0 aromatic heterocycles. The van der Waals surface area contributed by atoms with Crippen molar-refractivity contribution in [2.75, 3.05) is 45.6 Å². The van der Waals surface area contributed by atoms with Gasteiger partial charge in [0.1, 0.15) is 5.84 Å². The maximum Gasteiger partial charge on any atom is 0.130 e. The molecule has 0 atom stereocenters. The molecule has 1 aliphatic rings.